The van der Waals surface area contributed by atoms with E-state index in [2.05, 4.69) is 15.2 Å². The fourth-order valence-electron chi connectivity index (χ4n) is 4.43. The summed E-state index contributed by atoms with van der Waals surface area (Å²) < 4.78 is 5.73. The molecule has 32 heavy (non-hydrogen) atoms. The molecule has 2 saturated carbocycles. The number of ether oxygens (including phenoxy) is 1. The Morgan fingerprint density at radius 1 is 1.03 bits per heavy atom. The number of nitrogens with zero attached hydrogens (tertiary/aromatic N) is 4. The van der Waals surface area contributed by atoms with Gasteiger partial charge in [0.15, 0.2) is 5.96 Å². The summed E-state index contributed by atoms with van der Waals surface area (Å²) in [5, 5.41) is 3.62. The number of amides is 2. The molecule has 3 aliphatic rings. The molecule has 8 heteroatoms. The molecule has 1 aliphatic heterocycles. The summed E-state index contributed by atoms with van der Waals surface area (Å²) in [7, 11) is 3.52. The van der Waals surface area contributed by atoms with Crippen molar-refractivity contribution in [2.45, 2.75) is 89.8 Å². The minimum atomic E-state index is -0.483. The molecule has 1 heterocycles. The number of likely N-dealkylation sites (N-methyl/N-ethyl adjacent to an activating group) is 1. The van der Waals surface area contributed by atoms with Gasteiger partial charge >= 0.3 is 6.09 Å². The van der Waals surface area contributed by atoms with Crippen LogP contribution in [0.15, 0.2) is 4.99 Å². The van der Waals surface area contributed by atoms with E-state index in [0.717, 1.165) is 51.3 Å². The van der Waals surface area contributed by atoms with Gasteiger partial charge in [0, 0.05) is 45.8 Å². The van der Waals surface area contributed by atoms with Gasteiger partial charge < -0.3 is 24.8 Å². The van der Waals surface area contributed by atoms with E-state index in [1.54, 1.807) is 19.0 Å². The molecule has 0 spiro atoms. The molecule has 3 fully saturated rings. The van der Waals surface area contributed by atoms with E-state index in [1.807, 2.05) is 25.7 Å². The summed E-state index contributed by atoms with van der Waals surface area (Å²) in [4.78, 5) is 35.6. The van der Waals surface area contributed by atoms with Crippen LogP contribution >= 0.6 is 0 Å². The zero-order valence-corrected chi connectivity index (χ0v) is 20.7. The number of carbonyl (C=O) groups is 2. The zero-order chi connectivity index (χ0) is 23.3. The Balaban J connectivity index is 1.62. The van der Waals surface area contributed by atoms with Crippen LogP contribution in [0.3, 0.4) is 0 Å². The summed E-state index contributed by atoms with van der Waals surface area (Å²) in [5.41, 5.74) is -0.483. The molecule has 2 amide bonds. The number of aliphatic imine (C=N–C) groups is 1. The summed E-state index contributed by atoms with van der Waals surface area (Å²) in [5.74, 6) is 1.47. The number of hydrogen-bond acceptors (Lipinski definition) is 4. The van der Waals surface area contributed by atoms with Gasteiger partial charge in [0.1, 0.15) is 12.1 Å². The molecule has 0 aromatic heterocycles. The maximum absolute atomic E-state index is 12.9. The highest BCUT2D eigenvalue weighted by Crippen LogP contribution is 2.32. The van der Waals surface area contributed by atoms with Gasteiger partial charge in [-0.05, 0) is 65.2 Å². The molecule has 0 atom stereocenters. The molecule has 0 bridgehead atoms. The predicted molar refractivity (Wildman–Crippen MR) is 127 cm³/mol. The van der Waals surface area contributed by atoms with Gasteiger partial charge in [-0.1, -0.05) is 12.8 Å². The van der Waals surface area contributed by atoms with E-state index in [0.29, 0.717) is 12.0 Å². The highest BCUT2D eigenvalue weighted by Gasteiger charge is 2.36. The van der Waals surface area contributed by atoms with Crippen molar-refractivity contribution in [3.05, 3.63) is 0 Å². The van der Waals surface area contributed by atoms with Crippen molar-refractivity contribution >= 4 is 18.0 Å². The quantitative estimate of drug-likeness (QED) is 0.498. The summed E-state index contributed by atoms with van der Waals surface area (Å²) in [6, 6.07) is 0.631. The lowest BCUT2D eigenvalue weighted by molar-refractivity contribution is -0.127. The lowest BCUT2D eigenvalue weighted by Crippen LogP contribution is -2.53. The van der Waals surface area contributed by atoms with Crippen LogP contribution in [-0.4, -0.2) is 90.6 Å². The number of rotatable bonds is 6. The second-order valence-electron chi connectivity index (χ2n) is 10.8. The molecule has 0 radical (unpaired) electrons. The Morgan fingerprint density at radius 3 is 2.19 bits per heavy atom. The standard InChI is InChI=1S/C24H43N5O3/c1-24(2,3)32-23(31)29(17-18-10-11-18)20-12-14-28(15-13-20)22(25-16-21(30)27(4)5)26-19-8-6-7-9-19/h18-20H,6-17H2,1-5H3,(H,25,26). The van der Waals surface area contributed by atoms with Gasteiger partial charge in [-0.3, -0.25) is 4.79 Å². The lowest BCUT2D eigenvalue weighted by Gasteiger charge is -2.40. The molecular formula is C24H43N5O3. The normalized spacial score (nSPS) is 20.9. The average Bonchev–Trinajstić information content (AvgIpc) is 3.40. The highest BCUT2D eigenvalue weighted by atomic mass is 16.6. The average molecular weight is 450 g/mol. The molecule has 8 nitrogen and oxygen atoms in total. The van der Waals surface area contributed by atoms with Gasteiger partial charge in [-0.15, -0.1) is 0 Å². The van der Waals surface area contributed by atoms with Crippen LogP contribution in [0.25, 0.3) is 0 Å². The van der Waals surface area contributed by atoms with Crippen LogP contribution in [0.5, 0.6) is 0 Å². The van der Waals surface area contributed by atoms with Crippen LogP contribution in [0.1, 0.15) is 72.1 Å². The van der Waals surface area contributed by atoms with E-state index in [1.165, 1.54) is 25.7 Å². The topological polar surface area (TPSA) is 77.5 Å². The second kappa shape index (κ2) is 10.8. The molecule has 3 rings (SSSR count). The van der Waals surface area contributed by atoms with Crippen LogP contribution in [-0.2, 0) is 9.53 Å². The molecule has 1 N–H and O–H groups in total. The third-order valence-corrected chi connectivity index (χ3v) is 6.54. The van der Waals surface area contributed by atoms with E-state index < -0.39 is 5.60 Å². The first-order valence-corrected chi connectivity index (χ1v) is 12.4. The molecule has 0 aromatic rings. The van der Waals surface area contributed by atoms with Crippen LogP contribution in [0.4, 0.5) is 4.79 Å². The van der Waals surface area contributed by atoms with Crippen molar-refractivity contribution in [1.29, 1.82) is 0 Å². The zero-order valence-electron chi connectivity index (χ0n) is 20.7. The molecule has 0 unspecified atom stereocenters. The lowest BCUT2D eigenvalue weighted by atomic mass is 10.0. The molecule has 0 aromatic carbocycles. The molecule has 182 valence electrons. The maximum atomic E-state index is 12.9. The largest absolute Gasteiger partial charge is 0.444 e. The smallest absolute Gasteiger partial charge is 0.410 e. The van der Waals surface area contributed by atoms with Crippen molar-refractivity contribution in [3.8, 4) is 0 Å². The maximum Gasteiger partial charge on any atom is 0.410 e. The number of guanidine groups is 1. The van der Waals surface area contributed by atoms with E-state index >= 15 is 0 Å². The van der Waals surface area contributed by atoms with Crippen molar-refractivity contribution in [2.75, 3.05) is 40.3 Å². The number of likely N-dealkylation sites (tertiary alicyclic amines) is 1. The van der Waals surface area contributed by atoms with Crippen LogP contribution < -0.4 is 5.32 Å². The number of nitrogens with one attached hydrogen (secondary N) is 1. The van der Waals surface area contributed by atoms with Crippen molar-refractivity contribution in [3.63, 3.8) is 0 Å². The minimum absolute atomic E-state index is 0.00569. The van der Waals surface area contributed by atoms with Crippen LogP contribution in [0.2, 0.25) is 0 Å². The molecular weight excluding hydrogens is 406 g/mol. The van der Waals surface area contributed by atoms with Crippen molar-refractivity contribution in [1.82, 2.24) is 20.0 Å². The number of piperidine rings is 1. The Morgan fingerprint density at radius 2 is 1.66 bits per heavy atom. The predicted octanol–water partition coefficient (Wildman–Crippen LogP) is 3.07. The Kier molecular flexibility index (Phi) is 8.28. The first-order chi connectivity index (χ1) is 15.1. The van der Waals surface area contributed by atoms with Gasteiger partial charge in [0.25, 0.3) is 0 Å². The SMILES string of the molecule is CN(C)C(=O)CN=C(NC1CCCC1)N1CCC(N(CC2CC2)C(=O)OC(C)(C)C)CC1. The van der Waals surface area contributed by atoms with Gasteiger partial charge in [-0.25, -0.2) is 9.79 Å². The first kappa shape index (κ1) is 24.6. The Bertz CT molecular complexity index is 670. The summed E-state index contributed by atoms with van der Waals surface area (Å²) in [6.07, 6.45) is 8.82. The van der Waals surface area contributed by atoms with E-state index in [4.69, 9.17) is 4.74 Å². The van der Waals surface area contributed by atoms with Gasteiger partial charge in [-0.2, -0.15) is 0 Å². The van der Waals surface area contributed by atoms with E-state index in [9.17, 15) is 9.59 Å². The Labute approximate surface area is 193 Å². The summed E-state index contributed by atoms with van der Waals surface area (Å²) >= 11 is 0. The monoisotopic (exact) mass is 449 g/mol. The third kappa shape index (κ3) is 7.55. The minimum Gasteiger partial charge on any atom is -0.444 e. The fourth-order valence-corrected chi connectivity index (χ4v) is 4.43. The third-order valence-electron chi connectivity index (χ3n) is 6.54. The van der Waals surface area contributed by atoms with Crippen molar-refractivity contribution < 1.29 is 14.3 Å². The molecule has 1 saturated heterocycles. The van der Waals surface area contributed by atoms with Gasteiger partial charge in [0.05, 0.1) is 0 Å². The molecule has 2 aliphatic carbocycles. The van der Waals surface area contributed by atoms with Gasteiger partial charge in [0.2, 0.25) is 5.91 Å². The number of hydrogen-bond donors (Lipinski definition) is 1. The van der Waals surface area contributed by atoms with Crippen LogP contribution in [0, 0.1) is 5.92 Å². The second-order valence-corrected chi connectivity index (χ2v) is 10.8. The summed E-state index contributed by atoms with van der Waals surface area (Å²) in [6.45, 7) is 8.39. The van der Waals surface area contributed by atoms with E-state index in [-0.39, 0.29) is 24.6 Å². The first-order valence-electron chi connectivity index (χ1n) is 12.4. The van der Waals surface area contributed by atoms with Crippen molar-refractivity contribution in [2.24, 2.45) is 10.9 Å². The number of carbonyl (C=O) groups excluding carboxylic acids is 2. The Hall–Kier alpha value is -1.99. The fraction of sp³-hybridized carbons (Fsp3) is 0.875. The highest BCUT2D eigenvalue weighted by molar-refractivity contribution is 5.85.